The van der Waals surface area contributed by atoms with Crippen molar-refractivity contribution in [3.63, 3.8) is 0 Å². The average molecular weight is 448 g/mol. The van der Waals surface area contributed by atoms with Crippen LogP contribution < -0.4 is 5.32 Å². The molecule has 0 unspecified atom stereocenters. The number of amides is 1. The quantitative estimate of drug-likeness (QED) is 0.396. The smallest absolute Gasteiger partial charge is 0.251 e. The number of nitrogens with one attached hydrogen (secondary N) is 1. The second kappa shape index (κ2) is 10.2. The molecule has 1 N–H and O–H groups in total. The number of pyridine rings is 1. The minimum Gasteiger partial charge on any atom is -0.348 e. The molecular weight excluding hydrogens is 425 g/mol. The molecule has 0 aliphatic carbocycles. The van der Waals surface area contributed by atoms with Crippen LogP contribution >= 0.6 is 11.8 Å². The molecule has 0 aliphatic rings. The normalized spacial score (nSPS) is 10.8. The number of halogens is 1. The summed E-state index contributed by atoms with van der Waals surface area (Å²) < 4.78 is 15.1. The largest absolute Gasteiger partial charge is 0.348 e. The molecule has 32 heavy (non-hydrogen) atoms. The van der Waals surface area contributed by atoms with Crippen LogP contribution in [0, 0.1) is 5.82 Å². The van der Waals surface area contributed by atoms with Crippen LogP contribution in [-0.2, 0) is 18.8 Å². The van der Waals surface area contributed by atoms with Gasteiger partial charge in [-0.1, -0.05) is 36.0 Å². The average Bonchev–Trinajstić information content (AvgIpc) is 3.26. The minimum atomic E-state index is -0.292. The number of aromatic nitrogens is 4. The molecule has 0 saturated carbocycles. The Kier molecular flexibility index (Phi) is 6.91. The van der Waals surface area contributed by atoms with E-state index in [0.29, 0.717) is 17.9 Å². The molecule has 0 radical (unpaired) electrons. The van der Waals surface area contributed by atoms with Crippen molar-refractivity contribution in [2.45, 2.75) is 30.9 Å². The standard InChI is InChI=1S/C24H22FN5OS/c1-2-30-22(19-11-13-26-14-12-19)28-29-24(30)32-16-18-3-7-20(8-4-18)23(31)27-15-17-5-9-21(25)10-6-17/h3-14H,2,15-16H2,1H3,(H,27,31). The Hall–Kier alpha value is -3.52. The van der Waals surface area contributed by atoms with Crippen LogP contribution in [0.15, 0.2) is 78.2 Å². The van der Waals surface area contributed by atoms with Gasteiger partial charge in [0.25, 0.3) is 5.91 Å². The molecule has 162 valence electrons. The van der Waals surface area contributed by atoms with Crippen molar-refractivity contribution in [1.29, 1.82) is 0 Å². The fourth-order valence-electron chi connectivity index (χ4n) is 3.18. The highest BCUT2D eigenvalue weighted by Gasteiger charge is 2.13. The third-order valence-electron chi connectivity index (χ3n) is 4.92. The molecule has 0 bridgehead atoms. The molecule has 1 amide bonds. The van der Waals surface area contributed by atoms with E-state index in [1.54, 1.807) is 36.3 Å². The summed E-state index contributed by atoms with van der Waals surface area (Å²) >= 11 is 1.61. The van der Waals surface area contributed by atoms with Crippen molar-refractivity contribution >= 4 is 17.7 Å². The Bertz CT molecular complexity index is 1180. The van der Waals surface area contributed by atoms with Gasteiger partial charge in [0, 0.05) is 42.4 Å². The number of hydrogen-bond acceptors (Lipinski definition) is 5. The second-order valence-corrected chi connectivity index (χ2v) is 8.02. The maximum atomic E-state index is 13.0. The summed E-state index contributed by atoms with van der Waals surface area (Å²) in [6.45, 7) is 3.18. The zero-order valence-corrected chi connectivity index (χ0v) is 18.3. The van der Waals surface area contributed by atoms with Crippen molar-refractivity contribution in [3.8, 4) is 11.4 Å². The van der Waals surface area contributed by atoms with Gasteiger partial charge in [0.15, 0.2) is 11.0 Å². The highest BCUT2D eigenvalue weighted by Crippen LogP contribution is 2.26. The maximum absolute atomic E-state index is 13.0. The summed E-state index contributed by atoms with van der Waals surface area (Å²) in [5, 5.41) is 12.4. The van der Waals surface area contributed by atoms with Crippen LogP contribution in [0.5, 0.6) is 0 Å². The molecular formula is C24H22FN5OS. The molecule has 0 saturated heterocycles. The van der Waals surface area contributed by atoms with Crippen LogP contribution in [0.3, 0.4) is 0 Å². The zero-order chi connectivity index (χ0) is 22.3. The van der Waals surface area contributed by atoms with Gasteiger partial charge in [0.2, 0.25) is 0 Å². The van der Waals surface area contributed by atoms with Crippen LogP contribution in [0.25, 0.3) is 11.4 Å². The first-order chi connectivity index (χ1) is 15.6. The van der Waals surface area contributed by atoms with Crippen LogP contribution in [-0.4, -0.2) is 25.7 Å². The molecule has 0 aliphatic heterocycles. The predicted octanol–water partition coefficient (Wildman–Crippen LogP) is 4.72. The highest BCUT2D eigenvalue weighted by atomic mass is 32.2. The maximum Gasteiger partial charge on any atom is 0.251 e. The third-order valence-corrected chi connectivity index (χ3v) is 5.96. The number of hydrogen-bond donors (Lipinski definition) is 1. The lowest BCUT2D eigenvalue weighted by Gasteiger charge is -2.08. The Morgan fingerprint density at radius 3 is 2.34 bits per heavy atom. The lowest BCUT2D eigenvalue weighted by Crippen LogP contribution is -2.22. The molecule has 2 heterocycles. The highest BCUT2D eigenvalue weighted by molar-refractivity contribution is 7.98. The van der Waals surface area contributed by atoms with Crippen LogP contribution in [0.2, 0.25) is 0 Å². The van der Waals surface area contributed by atoms with E-state index in [0.717, 1.165) is 34.2 Å². The van der Waals surface area contributed by atoms with Crippen LogP contribution in [0.4, 0.5) is 4.39 Å². The molecule has 2 aromatic carbocycles. The van der Waals surface area contributed by atoms with E-state index in [-0.39, 0.29) is 11.7 Å². The Balaban J connectivity index is 1.35. The lowest BCUT2D eigenvalue weighted by atomic mass is 10.1. The first-order valence-corrected chi connectivity index (χ1v) is 11.2. The SMILES string of the molecule is CCn1c(SCc2ccc(C(=O)NCc3ccc(F)cc3)cc2)nnc1-c1ccncc1. The van der Waals surface area contributed by atoms with E-state index < -0.39 is 0 Å². The van der Waals surface area contributed by atoms with Gasteiger partial charge in [-0.05, 0) is 54.4 Å². The van der Waals surface area contributed by atoms with Gasteiger partial charge < -0.3 is 9.88 Å². The second-order valence-electron chi connectivity index (χ2n) is 7.08. The monoisotopic (exact) mass is 447 g/mol. The molecule has 2 aromatic heterocycles. The third kappa shape index (κ3) is 5.20. The van der Waals surface area contributed by atoms with Gasteiger partial charge in [-0.3, -0.25) is 9.78 Å². The summed E-state index contributed by atoms with van der Waals surface area (Å²) in [4.78, 5) is 16.4. The molecule has 0 spiro atoms. The zero-order valence-electron chi connectivity index (χ0n) is 17.5. The Morgan fingerprint density at radius 2 is 1.66 bits per heavy atom. The summed E-state index contributed by atoms with van der Waals surface area (Å²) in [5.41, 5.74) is 3.50. The van der Waals surface area contributed by atoms with Crippen molar-refractivity contribution in [2.75, 3.05) is 0 Å². The van der Waals surface area contributed by atoms with Gasteiger partial charge in [0.1, 0.15) is 5.82 Å². The lowest BCUT2D eigenvalue weighted by molar-refractivity contribution is 0.0951. The number of rotatable bonds is 8. The van der Waals surface area contributed by atoms with Crippen molar-refractivity contribution < 1.29 is 9.18 Å². The van der Waals surface area contributed by atoms with Gasteiger partial charge in [-0.15, -0.1) is 10.2 Å². The summed E-state index contributed by atoms with van der Waals surface area (Å²) in [6, 6.07) is 17.4. The molecule has 4 aromatic rings. The molecule has 0 fully saturated rings. The predicted molar refractivity (Wildman–Crippen MR) is 123 cm³/mol. The van der Waals surface area contributed by atoms with Gasteiger partial charge in [0.05, 0.1) is 0 Å². The van der Waals surface area contributed by atoms with Crippen LogP contribution in [0.1, 0.15) is 28.4 Å². The van der Waals surface area contributed by atoms with E-state index in [9.17, 15) is 9.18 Å². The fourth-order valence-corrected chi connectivity index (χ4v) is 4.14. The van der Waals surface area contributed by atoms with E-state index in [2.05, 4.69) is 32.0 Å². The number of benzene rings is 2. The van der Waals surface area contributed by atoms with Gasteiger partial charge in [-0.2, -0.15) is 0 Å². The van der Waals surface area contributed by atoms with E-state index in [1.807, 2.05) is 36.4 Å². The van der Waals surface area contributed by atoms with Crippen molar-refractivity contribution in [2.24, 2.45) is 0 Å². The number of nitrogens with zero attached hydrogens (tertiary/aromatic N) is 4. The minimum absolute atomic E-state index is 0.166. The van der Waals surface area contributed by atoms with E-state index in [1.165, 1.54) is 12.1 Å². The summed E-state index contributed by atoms with van der Waals surface area (Å²) in [6.07, 6.45) is 3.49. The van der Waals surface area contributed by atoms with Crippen molar-refractivity contribution in [3.05, 3.63) is 95.6 Å². The number of thioether (sulfide) groups is 1. The number of carbonyl (C=O) groups excluding carboxylic acids is 1. The Labute approximate surface area is 189 Å². The summed E-state index contributed by atoms with van der Waals surface area (Å²) in [7, 11) is 0. The topological polar surface area (TPSA) is 72.7 Å². The molecule has 8 heteroatoms. The number of carbonyl (C=O) groups is 1. The summed E-state index contributed by atoms with van der Waals surface area (Å²) in [5.74, 6) is 1.08. The first-order valence-electron chi connectivity index (χ1n) is 10.2. The Morgan fingerprint density at radius 1 is 0.969 bits per heavy atom. The first kappa shape index (κ1) is 21.7. The van der Waals surface area contributed by atoms with Gasteiger partial charge >= 0.3 is 0 Å². The molecule has 0 atom stereocenters. The fraction of sp³-hybridized carbons (Fsp3) is 0.167. The molecule has 6 nitrogen and oxygen atoms in total. The van der Waals surface area contributed by atoms with E-state index in [4.69, 9.17) is 0 Å². The van der Waals surface area contributed by atoms with E-state index >= 15 is 0 Å². The van der Waals surface area contributed by atoms with Crippen molar-refractivity contribution in [1.82, 2.24) is 25.1 Å². The van der Waals surface area contributed by atoms with Gasteiger partial charge in [-0.25, -0.2) is 4.39 Å². The molecule has 4 rings (SSSR count).